The van der Waals surface area contributed by atoms with E-state index < -0.39 is 12.6 Å². The first-order valence-electron chi connectivity index (χ1n) is 9.60. The molecule has 1 amide bonds. The first kappa shape index (κ1) is 21.1. The van der Waals surface area contributed by atoms with Crippen molar-refractivity contribution in [3.8, 4) is 5.75 Å². The molecule has 1 N–H and O–H groups in total. The Labute approximate surface area is 174 Å². The fraction of sp³-hybridized carbons (Fsp3) is 0.261. The number of fused-ring (bicyclic) bond motifs is 1. The second-order valence-corrected chi connectivity index (χ2v) is 6.79. The zero-order valence-corrected chi connectivity index (χ0v) is 17.1. The Balaban J connectivity index is 1.63. The van der Waals surface area contributed by atoms with Crippen LogP contribution in [0.1, 0.15) is 46.2 Å². The monoisotopic (exact) mass is 409 g/mol. The minimum atomic E-state index is -0.709. The fourth-order valence-electron chi connectivity index (χ4n) is 2.99. The van der Waals surface area contributed by atoms with E-state index in [0.29, 0.717) is 34.6 Å². The van der Waals surface area contributed by atoms with Gasteiger partial charge in [0.25, 0.3) is 0 Å². The number of benzene rings is 2. The molecule has 0 unspecified atom stereocenters. The van der Waals surface area contributed by atoms with E-state index in [0.717, 1.165) is 11.8 Å². The molecule has 0 atom stereocenters. The fourth-order valence-corrected chi connectivity index (χ4v) is 2.99. The van der Waals surface area contributed by atoms with Gasteiger partial charge in [-0.1, -0.05) is 6.92 Å². The maximum absolute atomic E-state index is 12.4. The summed E-state index contributed by atoms with van der Waals surface area (Å²) in [6.07, 6.45) is 1.19. The largest absolute Gasteiger partial charge is 0.497 e. The van der Waals surface area contributed by atoms with Gasteiger partial charge in [-0.25, -0.2) is 4.79 Å². The molecule has 0 aliphatic rings. The SMILES string of the molecule is CCCC(=O)Nc1ccc(C(=O)COC(=O)c2oc3ccc(OC)cc3c2C)cc1. The van der Waals surface area contributed by atoms with Crippen LogP contribution in [0.4, 0.5) is 5.69 Å². The third kappa shape index (κ3) is 4.68. The molecule has 0 bridgehead atoms. The van der Waals surface area contributed by atoms with Crippen molar-refractivity contribution in [3.05, 3.63) is 59.4 Å². The average Bonchev–Trinajstić information content (AvgIpc) is 3.08. The van der Waals surface area contributed by atoms with Gasteiger partial charge in [0, 0.05) is 28.6 Å². The maximum Gasteiger partial charge on any atom is 0.375 e. The highest BCUT2D eigenvalue weighted by Crippen LogP contribution is 2.29. The number of ketones is 1. The topological polar surface area (TPSA) is 94.8 Å². The minimum absolute atomic E-state index is 0.0556. The van der Waals surface area contributed by atoms with E-state index in [1.807, 2.05) is 6.92 Å². The van der Waals surface area contributed by atoms with Crippen LogP contribution in [0.25, 0.3) is 11.0 Å². The molecule has 0 aliphatic carbocycles. The molecule has 3 aromatic rings. The number of hydrogen-bond acceptors (Lipinski definition) is 6. The smallest absolute Gasteiger partial charge is 0.375 e. The summed E-state index contributed by atoms with van der Waals surface area (Å²) >= 11 is 0. The molecule has 30 heavy (non-hydrogen) atoms. The molecular formula is C23H23NO6. The number of ether oxygens (including phenoxy) is 2. The number of methoxy groups -OCH3 is 1. The van der Waals surface area contributed by atoms with Crippen LogP contribution in [0.3, 0.4) is 0 Å². The quantitative estimate of drug-likeness (QED) is 0.434. The predicted octanol–water partition coefficient (Wildman–Crippen LogP) is 4.53. The summed E-state index contributed by atoms with van der Waals surface area (Å²) in [5.74, 6) is -0.440. The standard InChI is InChI=1S/C23H23NO6/c1-4-5-21(26)24-16-8-6-15(7-9-16)19(25)13-29-23(27)22-14(2)18-12-17(28-3)10-11-20(18)30-22/h6-12H,4-5,13H2,1-3H3,(H,24,26). The van der Waals surface area contributed by atoms with Crippen LogP contribution in [0.5, 0.6) is 5.75 Å². The van der Waals surface area contributed by atoms with Gasteiger partial charge in [0.05, 0.1) is 7.11 Å². The number of carbonyl (C=O) groups excluding carboxylic acids is 3. The Kier molecular flexibility index (Phi) is 6.51. The first-order chi connectivity index (χ1) is 14.4. The number of esters is 1. The third-order valence-electron chi connectivity index (χ3n) is 4.63. The lowest BCUT2D eigenvalue weighted by Crippen LogP contribution is -2.15. The molecule has 7 nitrogen and oxygen atoms in total. The molecule has 0 fully saturated rings. The molecule has 0 spiro atoms. The highest BCUT2D eigenvalue weighted by molar-refractivity contribution is 6.01. The summed E-state index contributed by atoms with van der Waals surface area (Å²) in [7, 11) is 1.56. The van der Waals surface area contributed by atoms with Crippen molar-refractivity contribution in [1.82, 2.24) is 0 Å². The van der Waals surface area contributed by atoms with Crippen LogP contribution in [-0.4, -0.2) is 31.4 Å². The molecule has 0 radical (unpaired) electrons. The van der Waals surface area contributed by atoms with Gasteiger partial charge in [0.15, 0.2) is 12.4 Å². The Morgan fingerprint density at radius 3 is 2.47 bits per heavy atom. The molecule has 156 valence electrons. The van der Waals surface area contributed by atoms with E-state index in [-0.39, 0.29) is 17.5 Å². The van der Waals surface area contributed by atoms with Crippen LogP contribution in [0.15, 0.2) is 46.9 Å². The average molecular weight is 409 g/mol. The number of carbonyl (C=O) groups is 3. The van der Waals surface area contributed by atoms with Gasteiger partial charge < -0.3 is 19.2 Å². The second-order valence-electron chi connectivity index (χ2n) is 6.79. The van der Waals surface area contributed by atoms with Crippen LogP contribution in [-0.2, 0) is 9.53 Å². The number of rotatable bonds is 8. The van der Waals surface area contributed by atoms with Gasteiger partial charge >= 0.3 is 5.97 Å². The van der Waals surface area contributed by atoms with Crippen molar-refractivity contribution in [3.63, 3.8) is 0 Å². The molecule has 3 rings (SSSR count). The van der Waals surface area contributed by atoms with Crippen molar-refractivity contribution in [2.45, 2.75) is 26.7 Å². The lowest BCUT2D eigenvalue weighted by Gasteiger charge is -2.06. The molecular weight excluding hydrogens is 386 g/mol. The lowest BCUT2D eigenvalue weighted by atomic mass is 10.1. The number of anilines is 1. The Hall–Kier alpha value is -3.61. The second kappa shape index (κ2) is 9.26. The summed E-state index contributed by atoms with van der Waals surface area (Å²) in [6, 6.07) is 11.7. The molecule has 7 heteroatoms. The first-order valence-corrected chi connectivity index (χ1v) is 9.60. The number of amides is 1. The zero-order valence-electron chi connectivity index (χ0n) is 17.1. The number of aryl methyl sites for hydroxylation is 1. The van der Waals surface area contributed by atoms with Crippen molar-refractivity contribution >= 4 is 34.3 Å². The highest BCUT2D eigenvalue weighted by atomic mass is 16.5. The third-order valence-corrected chi connectivity index (χ3v) is 4.63. The summed E-state index contributed by atoms with van der Waals surface area (Å²) in [4.78, 5) is 36.4. The molecule has 2 aromatic carbocycles. The Morgan fingerprint density at radius 1 is 1.07 bits per heavy atom. The Morgan fingerprint density at radius 2 is 1.80 bits per heavy atom. The lowest BCUT2D eigenvalue weighted by molar-refractivity contribution is -0.116. The highest BCUT2D eigenvalue weighted by Gasteiger charge is 2.21. The van der Waals surface area contributed by atoms with E-state index in [1.165, 1.54) is 0 Å². The van der Waals surface area contributed by atoms with E-state index in [4.69, 9.17) is 13.9 Å². The van der Waals surface area contributed by atoms with Crippen molar-refractivity contribution in [2.24, 2.45) is 0 Å². The van der Waals surface area contributed by atoms with Crippen molar-refractivity contribution in [2.75, 3.05) is 19.0 Å². The van der Waals surface area contributed by atoms with Crippen LogP contribution in [0, 0.1) is 6.92 Å². The van der Waals surface area contributed by atoms with Gasteiger partial charge in [-0.2, -0.15) is 0 Å². The van der Waals surface area contributed by atoms with Gasteiger partial charge in [-0.3, -0.25) is 9.59 Å². The van der Waals surface area contributed by atoms with Crippen LogP contribution < -0.4 is 10.1 Å². The number of nitrogens with one attached hydrogen (secondary N) is 1. The summed E-state index contributed by atoms with van der Waals surface area (Å²) < 4.78 is 15.9. The van der Waals surface area contributed by atoms with Gasteiger partial charge in [-0.05, 0) is 55.8 Å². The van der Waals surface area contributed by atoms with Gasteiger partial charge in [0.1, 0.15) is 11.3 Å². The Bertz CT molecular complexity index is 1080. The van der Waals surface area contributed by atoms with E-state index in [1.54, 1.807) is 56.5 Å². The molecule has 1 aromatic heterocycles. The van der Waals surface area contributed by atoms with Crippen molar-refractivity contribution < 1.29 is 28.3 Å². The van der Waals surface area contributed by atoms with Crippen LogP contribution >= 0.6 is 0 Å². The van der Waals surface area contributed by atoms with E-state index >= 15 is 0 Å². The molecule has 1 heterocycles. The van der Waals surface area contributed by atoms with Gasteiger partial charge in [0.2, 0.25) is 11.7 Å². The van der Waals surface area contributed by atoms with E-state index in [9.17, 15) is 14.4 Å². The molecule has 0 aliphatic heterocycles. The minimum Gasteiger partial charge on any atom is -0.497 e. The van der Waals surface area contributed by atoms with Crippen molar-refractivity contribution in [1.29, 1.82) is 0 Å². The number of hydrogen-bond donors (Lipinski definition) is 1. The zero-order chi connectivity index (χ0) is 21.7. The predicted molar refractivity (Wildman–Crippen MR) is 112 cm³/mol. The van der Waals surface area contributed by atoms with Crippen LogP contribution in [0.2, 0.25) is 0 Å². The summed E-state index contributed by atoms with van der Waals surface area (Å²) in [6.45, 7) is 3.25. The summed E-state index contributed by atoms with van der Waals surface area (Å²) in [5.41, 5.74) is 2.14. The number of Topliss-reactive ketones (excluding diaryl/α,β-unsaturated/α-hetero) is 1. The van der Waals surface area contributed by atoms with E-state index in [2.05, 4.69) is 5.32 Å². The number of furan rings is 1. The summed E-state index contributed by atoms with van der Waals surface area (Å²) in [5, 5.41) is 3.49. The molecule has 0 saturated heterocycles. The maximum atomic E-state index is 12.4. The van der Waals surface area contributed by atoms with Gasteiger partial charge in [-0.15, -0.1) is 0 Å². The normalized spacial score (nSPS) is 10.6. The molecule has 0 saturated carbocycles.